The molecule has 0 aliphatic heterocycles. The van der Waals surface area contributed by atoms with Crippen LogP contribution in [0.15, 0.2) is 30.3 Å². The summed E-state index contributed by atoms with van der Waals surface area (Å²) in [5.74, 6) is 1.42. The summed E-state index contributed by atoms with van der Waals surface area (Å²) in [6, 6.07) is 9.35. The summed E-state index contributed by atoms with van der Waals surface area (Å²) >= 11 is 0. The first-order chi connectivity index (χ1) is 16.7. The Labute approximate surface area is 231 Å². The number of ether oxygens (including phenoxy) is 6. The second-order valence-electron chi connectivity index (χ2n) is 7.94. The zero-order chi connectivity index (χ0) is 26.0. The Balaban J connectivity index is 0.00000648. The van der Waals surface area contributed by atoms with Crippen LogP contribution in [-0.4, -0.2) is 44.2 Å². The Morgan fingerprint density at radius 2 is 1.22 bits per heavy atom. The first-order valence-corrected chi connectivity index (χ1v) is 13.1. The number of hydrogen-bond acceptors (Lipinski definition) is 7. The second-order valence-corrected chi connectivity index (χ2v) is 9.14. The summed E-state index contributed by atoms with van der Waals surface area (Å²) in [7, 11) is -0.245. The monoisotopic (exact) mass is 514 g/mol. The van der Waals surface area contributed by atoms with Gasteiger partial charge in [0.05, 0.1) is 5.30 Å². The Bertz CT molecular complexity index is 921. The van der Waals surface area contributed by atoms with Gasteiger partial charge in [-0.15, -0.1) is 0 Å². The van der Waals surface area contributed by atoms with Crippen molar-refractivity contribution in [3.05, 3.63) is 47.0 Å². The molecule has 0 radical (unpaired) electrons. The summed E-state index contributed by atoms with van der Waals surface area (Å²) in [6.07, 6.45) is -1.54. The van der Waals surface area contributed by atoms with Gasteiger partial charge < -0.3 is 29.8 Å². The van der Waals surface area contributed by atoms with Crippen LogP contribution in [0, 0.1) is 13.8 Å². The van der Waals surface area contributed by atoms with E-state index in [-0.39, 0.29) is 34.4 Å². The van der Waals surface area contributed by atoms with Gasteiger partial charge in [0.1, 0.15) is 17.2 Å². The van der Waals surface area contributed by atoms with Crippen molar-refractivity contribution in [1.29, 1.82) is 0 Å². The van der Waals surface area contributed by atoms with E-state index in [0.717, 1.165) is 11.1 Å². The molecule has 0 aliphatic carbocycles. The van der Waals surface area contributed by atoms with Crippen molar-refractivity contribution in [2.75, 3.05) is 19.8 Å². The standard InChI is InChI=1S/C27H39O7P.Li.H/c1-9-29-19(6)32-22-15-23(33-20(7)30-10-2)26(24(16-22)34-21(8)31-11-3)35-27(28)25-17(4)13-12-14-18(25)5;;/h12-16,19-21,35H,9-11H2,1-8H3;;/q;+1;-1. The molecule has 0 saturated carbocycles. The van der Waals surface area contributed by atoms with Gasteiger partial charge in [-0.25, -0.2) is 0 Å². The molecule has 9 heteroatoms. The van der Waals surface area contributed by atoms with Crippen LogP contribution in [0.4, 0.5) is 0 Å². The average Bonchev–Trinajstić information content (AvgIpc) is 2.76. The maximum absolute atomic E-state index is 13.5. The molecule has 0 bridgehead atoms. The van der Waals surface area contributed by atoms with Crippen LogP contribution in [0.1, 0.15) is 64.5 Å². The second kappa shape index (κ2) is 16.3. The van der Waals surface area contributed by atoms with Crippen molar-refractivity contribution < 1.29 is 53.5 Å². The van der Waals surface area contributed by atoms with Crippen molar-refractivity contribution in [2.24, 2.45) is 0 Å². The van der Waals surface area contributed by atoms with E-state index in [2.05, 4.69) is 0 Å². The summed E-state index contributed by atoms with van der Waals surface area (Å²) < 4.78 is 35.0. The van der Waals surface area contributed by atoms with E-state index in [1.54, 1.807) is 12.1 Å². The Hall–Kier alpha value is -1.58. The molecule has 0 spiro atoms. The largest absolute Gasteiger partial charge is 1.00 e. The first kappa shape index (κ1) is 32.4. The van der Waals surface area contributed by atoms with Crippen molar-refractivity contribution in [1.82, 2.24) is 0 Å². The van der Waals surface area contributed by atoms with Crippen LogP contribution in [-0.2, 0) is 14.2 Å². The van der Waals surface area contributed by atoms with Crippen LogP contribution in [0.3, 0.4) is 0 Å². The van der Waals surface area contributed by atoms with E-state index in [9.17, 15) is 4.79 Å². The quantitative estimate of drug-likeness (QED) is 0.206. The normalized spacial score (nSPS) is 13.7. The third kappa shape index (κ3) is 9.71. The number of hydrogen-bond donors (Lipinski definition) is 0. The Morgan fingerprint density at radius 1 is 0.806 bits per heavy atom. The molecule has 0 N–H and O–H groups in total. The molecule has 0 heterocycles. The Morgan fingerprint density at radius 3 is 1.64 bits per heavy atom. The van der Waals surface area contributed by atoms with Gasteiger partial charge in [-0.2, -0.15) is 0 Å². The fourth-order valence-corrected chi connectivity index (χ4v) is 4.90. The molecular weight excluding hydrogens is 474 g/mol. The molecule has 7 nitrogen and oxygen atoms in total. The van der Waals surface area contributed by atoms with Gasteiger partial charge in [0.25, 0.3) is 0 Å². The third-order valence-electron chi connectivity index (χ3n) is 5.08. The topological polar surface area (TPSA) is 72.5 Å². The predicted molar refractivity (Wildman–Crippen MR) is 141 cm³/mol. The van der Waals surface area contributed by atoms with Gasteiger partial charge in [-0.05, 0) is 75.1 Å². The molecule has 0 saturated heterocycles. The smallest absolute Gasteiger partial charge is 1.00 e. The molecule has 0 fully saturated rings. The van der Waals surface area contributed by atoms with E-state index in [0.29, 0.717) is 47.9 Å². The predicted octanol–water partition coefficient (Wildman–Crippen LogP) is 2.85. The number of carbonyl (C=O) groups excluding carboxylic acids is 1. The third-order valence-corrected chi connectivity index (χ3v) is 6.30. The van der Waals surface area contributed by atoms with Gasteiger partial charge in [0.2, 0.25) is 0 Å². The molecule has 0 amide bonds. The van der Waals surface area contributed by atoms with Crippen molar-refractivity contribution in [3.63, 3.8) is 0 Å². The molecule has 4 unspecified atom stereocenters. The summed E-state index contributed by atoms with van der Waals surface area (Å²) in [5.41, 5.74) is 2.58. The molecule has 4 atom stereocenters. The summed E-state index contributed by atoms with van der Waals surface area (Å²) in [4.78, 5) is 13.5. The number of aryl methyl sites for hydroxylation is 2. The minimum atomic E-state index is -0.532. The van der Waals surface area contributed by atoms with Crippen LogP contribution in [0.25, 0.3) is 0 Å². The molecule has 0 aromatic heterocycles. The van der Waals surface area contributed by atoms with E-state index in [4.69, 9.17) is 28.4 Å². The van der Waals surface area contributed by atoms with Crippen LogP contribution < -0.4 is 38.4 Å². The first-order valence-electron chi connectivity index (χ1n) is 12.1. The Kier molecular flexibility index (Phi) is 14.7. The fourth-order valence-electron chi connectivity index (χ4n) is 3.65. The summed E-state index contributed by atoms with van der Waals surface area (Å²) in [5, 5.41) is 0.632. The molecule has 0 aliphatic rings. The molecule has 2 rings (SSSR count). The molecular formula is C27H40LiO7P. The minimum Gasteiger partial charge on any atom is -1.00 e. The summed E-state index contributed by atoms with van der Waals surface area (Å²) in [6.45, 7) is 16.5. The molecule has 2 aromatic carbocycles. The van der Waals surface area contributed by atoms with Gasteiger partial charge >= 0.3 is 18.9 Å². The van der Waals surface area contributed by atoms with E-state index in [1.165, 1.54) is 0 Å². The van der Waals surface area contributed by atoms with Gasteiger partial charge in [-0.3, -0.25) is 4.79 Å². The zero-order valence-electron chi connectivity index (χ0n) is 24.1. The SMILES string of the molecule is CCOC(C)Oc1cc(OC(C)OCC)c(PC(=O)c2c(C)cccc2C)c(OC(C)OCC)c1.[H-].[Li+]. The van der Waals surface area contributed by atoms with Gasteiger partial charge in [0, 0.05) is 37.5 Å². The van der Waals surface area contributed by atoms with Crippen molar-refractivity contribution in [2.45, 2.75) is 74.3 Å². The maximum atomic E-state index is 13.5. The fraction of sp³-hybridized carbons (Fsp3) is 0.519. The van der Waals surface area contributed by atoms with Crippen LogP contribution >= 0.6 is 8.58 Å². The van der Waals surface area contributed by atoms with Crippen LogP contribution in [0.2, 0.25) is 0 Å². The van der Waals surface area contributed by atoms with E-state index in [1.807, 2.05) is 73.6 Å². The molecule has 2 aromatic rings. The average molecular weight is 515 g/mol. The van der Waals surface area contributed by atoms with E-state index >= 15 is 0 Å². The van der Waals surface area contributed by atoms with Crippen LogP contribution in [0.5, 0.6) is 17.2 Å². The molecule has 196 valence electrons. The van der Waals surface area contributed by atoms with Crippen molar-refractivity contribution >= 4 is 19.4 Å². The molecule has 36 heavy (non-hydrogen) atoms. The zero-order valence-corrected chi connectivity index (χ0v) is 24.1. The van der Waals surface area contributed by atoms with E-state index < -0.39 is 18.9 Å². The van der Waals surface area contributed by atoms with Gasteiger partial charge in [-0.1, -0.05) is 18.2 Å². The van der Waals surface area contributed by atoms with Gasteiger partial charge in [0.15, 0.2) is 24.4 Å². The number of benzene rings is 2. The number of carbonyl (C=O) groups is 1. The maximum Gasteiger partial charge on any atom is 1.00 e. The minimum absolute atomic E-state index is 0. The number of rotatable bonds is 15. The van der Waals surface area contributed by atoms with Crippen molar-refractivity contribution in [3.8, 4) is 17.2 Å².